The number of hydrogen-bond acceptors (Lipinski definition) is 4. The quantitative estimate of drug-likeness (QED) is 0.401. The molecule has 4 rings (SSSR count). The van der Waals surface area contributed by atoms with Crippen molar-refractivity contribution in [2.45, 2.75) is 38.0 Å². The number of aryl methyl sites for hydroxylation is 1. The molecule has 0 aliphatic heterocycles. The van der Waals surface area contributed by atoms with Gasteiger partial charge in [-0.3, -0.25) is 4.98 Å². The van der Waals surface area contributed by atoms with Gasteiger partial charge in [0, 0.05) is 23.4 Å². The van der Waals surface area contributed by atoms with E-state index >= 15 is 0 Å². The third kappa shape index (κ3) is 4.50. The molecule has 0 aliphatic carbocycles. The van der Waals surface area contributed by atoms with Crippen molar-refractivity contribution in [3.8, 4) is 33.8 Å². The minimum atomic E-state index is -3.22. The van der Waals surface area contributed by atoms with Crippen LogP contribution in [0.4, 0.5) is 0 Å². The van der Waals surface area contributed by atoms with Crippen LogP contribution < -0.4 is 0 Å². The van der Waals surface area contributed by atoms with Crippen molar-refractivity contribution < 1.29 is 8.42 Å². The number of H-pyrrole nitrogens is 1. The summed E-state index contributed by atoms with van der Waals surface area (Å²) in [6.07, 6.45) is 2.09. The van der Waals surface area contributed by atoms with Crippen LogP contribution in [0.5, 0.6) is 0 Å². The van der Waals surface area contributed by atoms with Gasteiger partial charge in [-0.1, -0.05) is 57.2 Å². The van der Waals surface area contributed by atoms with Crippen LogP contribution in [-0.4, -0.2) is 29.6 Å². The minimum Gasteiger partial charge on any atom is -0.340 e. The summed E-state index contributed by atoms with van der Waals surface area (Å²) >= 11 is 0. The van der Waals surface area contributed by atoms with Crippen molar-refractivity contribution >= 4 is 9.84 Å². The second-order valence-electron chi connectivity index (χ2n) is 8.25. The number of aromatic amines is 1. The molecule has 0 aliphatic rings. The SMILES string of the molecule is CCc1cccc(-c2[nH]c(C(C)C)nc2-c2cccc(-c3ccc(S(C)(=O)=O)cc3)c2)n1. The average Bonchev–Trinajstić information content (AvgIpc) is 3.25. The van der Waals surface area contributed by atoms with Crippen molar-refractivity contribution in [2.75, 3.05) is 6.26 Å². The van der Waals surface area contributed by atoms with Crippen molar-refractivity contribution in [2.24, 2.45) is 0 Å². The number of aromatic nitrogens is 3. The molecule has 5 nitrogen and oxygen atoms in total. The van der Waals surface area contributed by atoms with E-state index in [1.165, 1.54) is 6.26 Å². The summed E-state index contributed by atoms with van der Waals surface area (Å²) in [5.74, 6) is 1.17. The topological polar surface area (TPSA) is 75.7 Å². The Morgan fingerprint density at radius 1 is 0.875 bits per heavy atom. The molecule has 0 radical (unpaired) electrons. The summed E-state index contributed by atoms with van der Waals surface area (Å²) in [5, 5.41) is 0. The largest absolute Gasteiger partial charge is 0.340 e. The molecule has 32 heavy (non-hydrogen) atoms. The van der Waals surface area contributed by atoms with Gasteiger partial charge in [-0.05, 0) is 47.9 Å². The van der Waals surface area contributed by atoms with Gasteiger partial charge in [0.1, 0.15) is 5.82 Å². The smallest absolute Gasteiger partial charge is 0.175 e. The first-order chi connectivity index (χ1) is 15.3. The Labute approximate surface area is 189 Å². The zero-order chi connectivity index (χ0) is 22.9. The number of benzene rings is 2. The van der Waals surface area contributed by atoms with Crippen LogP contribution in [-0.2, 0) is 16.3 Å². The van der Waals surface area contributed by atoms with Crippen molar-refractivity contribution in [3.63, 3.8) is 0 Å². The Balaban J connectivity index is 1.80. The first-order valence-electron chi connectivity index (χ1n) is 10.7. The number of hydrogen-bond donors (Lipinski definition) is 1. The van der Waals surface area contributed by atoms with E-state index in [9.17, 15) is 8.42 Å². The maximum atomic E-state index is 11.8. The zero-order valence-corrected chi connectivity index (χ0v) is 19.6. The molecular weight excluding hydrogens is 418 g/mol. The average molecular weight is 446 g/mol. The summed E-state index contributed by atoms with van der Waals surface area (Å²) in [5.41, 5.74) is 6.62. The molecule has 2 heterocycles. The first-order valence-corrected chi connectivity index (χ1v) is 12.6. The molecule has 1 N–H and O–H groups in total. The van der Waals surface area contributed by atoms with Gasteiger partial charge in [0.05, 0.1) is 22.0 Å². The molecule has 2 aromatic heterocycles. The van der Waals surface area contributed by atoms with Gasteiger partial charge >= 0.3 is 0 Å². The third-order valence-electron chi connectivity index (χ3n) is 5.45. The molecular formula is C26H27N3O2S. The summed E-state index contributed by atoms with van der Waals surface area (Å²) in [6, 6.07) is 21.2. The molecule has 2 aromatic carbocycles. The Morgan fingerprint density at radius 2 is 1.56 bits per heavy atom. The molecule has 164 valence electrons. The van der Waals surface area contributed by atoms with Crippen LogP contribution in [0.1, 0.15) is 38.2 Å². The molecule has 6 heteroatoms. The fourth-order valence-corrected chi connectivity index (χ4v) is 4.25. The van der Waals surface area contributed by atoms with Gasteiger partial charge < -0.3 is 4.98 Å². The predicted octanol–water partition coefficient (Wildman–Crippen LogP) is 5.90. The zero-order valence-electron chi connectivity index (χ0n) is 18.8. The number of nitrogens with zero attached hydrogens (tertiary/aromatic N) is 2. The van der Waals surface area contributed by atoms with Gasteiger partial charge in [-0.15, -0.1) is 0 Å². The van der Waals surface area contributed by atoms with E-state index in [-0.39, 0.29) is 5.92 Å². The predicted molar refractivity (Wildman–Crippen MR) is 129 cm³/mol. The number of pyridine rings is 1. The second-order valence-corrected chi connectivity index (χ2v) is 10.3. The van der Waals surface area contributed by atoms with E-state index in [4.69, 9.17) is 9.97 Å². The normalized spacial score (nSPS) is 11.8. The van der Waals surface area contributed by atoms with E-state index in [1.54, 1.807) is 12.1 Å². The van der Waals surface area contributed by atoms with E-state index in [2.05, 4.69) is 31.8 Å². The van der Waals surface area contributed by atoms with Gasteiger partial charge in [0.25, 0.3) is 0 Å². The molecule has 0 saturated carbocycles. The molecule has 0 bridgehead atoms. The lowest BCUT2D eigenvalue weighted by Crippen LogP contribution is -1.96. The highest BCUT2D eigenvalue weighted by atomic mass is 32.2. The van der Waals surface area contributed by atoms with E-state index in [0.29, 0.717) is 4.90 Å². The first kappa shape index (κ1) is 22.0. The Bertz CT molecular complexity index is 1350. The van der Waals surface area contributed by atoms with Crippen LogP contribution in [0, 0.1) is 0 Å². The molecule has 0 amide bonds. The monoisotopic (exact) mass is 445 g/mol. The lowest BCUT2D eigenvalue weighted by molar-refractivity contribution is 0.602. The van der Waals surface area contributed by atoms with Gasteiger partial charge in [-0.25, -0.2) is 13.4 Å². The summed E-state index contributed by atoms with van der Waals surface area (Å²) in [7, 11) is -3.22. The molecule has 0 atom stereocenters. The fraction of sp³-hybridized carbons (Fsp3) is 0.231. The van der Waals surface area contributed by atoms with Crippen LogP contribution in [0.2, 0.25) is 0 Å². The maximum absolute atomic E-state index is 11.8. The van der Waals surface area contributed by atoms with Crippen molar-refractivity contribution in [3.05, 3.63) is 78.2 Å². The van der Waals surface area contributed by atoms with E-state index in [0.717, 1.165) is 51.7 Å². The number of imidazole rings is 1. The lowest BCUT2D eigenvalue weighted by atomic mass is 10.0. The highest BCUT2D eigenvalue weighted by Gasteiger charge is 2.18. The molecule has 0 saturated heterocycles. The third-order valence-corrected chi connectivity index (χ3v) is 6.57. The summed E-state index contributed by atoms with van der Waals surface area (Å²) in [4.78, 5) is 13.5. The minimum absolute atomic E-state index is 0.253. The van der Waals surface area contributed by atoms with Gasteiger partial charge in [0.15, 0.2) is 9.84 Å². The number of sulfone groups is 1. The Morgan fingerprint density at radius 3 is 2.22 bits per heavy atom. The van der Waals surface area contributed by atoms with E-state index < -0.39 is 9.84 Å². The highest BCUT2D eigenvalue weighted by Crippen LogP contribution is 2.33. The van der Waals surface area contributed by atoms with Crippen LogP contribution >= 0.6 is 0 Å². The van der Waals surface area contributed by atoms with Gasteiger partial charge in [-0.2, -0.15) is 0 Å². The van der Waals surface area contributed by atoms with Crippen LogP contribution in [0.25, 0.3) is 33.8 Å². The fourth-order valence-electron chi connectivity index (χ4n) is 3.62. The Hall–Kier alpha value is -3.25. The summed E-state index contributed by atoms with van der Waals surface area (Å²) < 4.78 is 23.6. The highest BCUT2D eigenvalue weighted by molar-refractivity contribution is 7.90. The van der Waals surface area contributed by atoms with Crippen molar-refractivity contribution in [1.29, 1.82) is 0 Å². The second kappa shape index (κ2) is 8.71. The Kier molecular flexibility index (Phi) is 5.98. The molecule has 0 unspecified atom stereocenters. The maximum Gasteiger partial charge on any atom is 0.175 e. The van der Waals surface area contributed by atoms with Crippen LogP contribution in [0.3, 0.4) is 0 Å². The van der Waals surface area contributed by atoms with Crippen molar-refractivity contribution in [1.82, 2.24) is 15.0 Å². The van der Waals surface area contributed by atoms with Crippen LogP contribution in [0.15, 0.2) is 71.6 Å². The standard InChI is InChI=1S/C26H27N3O2S/c1-5-21-10-7-11-23(27-21)25-24(28-26(29-25)17(2)3)20-9-6-8-19(16-20)18-12-14-22(15-13-18)32(4,30)31/h6-17H,5H2,1-4H3,(H,28,29). The lowest BCUT2D eigenvalue weighted by Gasteiger charge is -2.08. The number of nitrogens with one attached hydrogen (secondary N) is 1. The molecule has 4 aromatic rings. The molecule has 0 fully saturated rings. The molecule has 0 spiro atoms. The number of rotatable bonds is 6. The van der Waals surface area contributed by atoms with Gasteiger partial charge in [0.2, 0.25) is 0 Å². The summed E-state index contributed by atoms with van der Waals surface area (Å²) in [6.45, 7) is 6.32. The van der Waals surface area contributed by atoms with E-state index in [1.807, 2.05) is 48.5 Å².